The fourth-order valence-corrected chi connectivity index (χ4v) is 3.43. The number of anilines is 1. The van der Waals surface area contributed by atoms with Crippen LogP contribution in [0.4, 0.5) is 5.69 Å². The molecule has 0 spiro atoms. The average Bonchev–Trinajstić information content (AvgIpc) is 2.36. The number of hydrogen-bond donors (Lipinski definition) is 1. The predicted molar refractivity (Wildman–Crippen MR) is 93.4 cm³/mol. The second-order valence-corrected chi connectivity index (χ2v) is 7.18. The van der Waals surface area contributed by atoms with Gasteiger partial charge >= 0.3 is 0 Å². The van der Waals surface area contributed by atoms with E-state index in [2.05, 4.69) is 53.1 Å². The highest BCUT2D eigenvalue weighted by molar-refractivity contribution is 9.11. The van der Waals surface area contributed by atoms with Crippen LogP contribution in [0.3, 0.4) is 0 Å². The summed E-state index contributed by atoms with van der Waals surface area (Å²) in [7, 11) is 0. The van der Waals surface area contributed by atoms with Gasteiger partial charge in [0.2, 0.25) is 0 Å². The summed E-state index contributed by atoms with van der Waals surface area (Å²) in [5.41, 5.74) is 3.50. The third-order valence-electron chi connectivity index (χ3n) is 2.91. The zero-order valence-corrected chi connectivity index (χ0v) is 15.7. The van der Waals surface area contributed by atoms with Crippen molar-refractivity contribution in [3.05, 3.63) is 60.4 Å². The molecule has 2 aromatic carbocycles. The third-order valence-corrected chi connectivity index (χ3v) is 4.55. The number of aryl methyl sites for hydroxylation is 2. The maximum Gasteiger partial charge on any atom is 0.256 e. The van der Waals surface area contributed by atoms with Crippen molar-refractivity contribution < 1.29 is 4.79 Å². The van der Waals surface area contributed by atoms with E-state index in [1.54, 1.807) is 6.07 Å². The molecular formula is C15H12Br3NO. The normalized spacial score (nSPS) is 10.4. The zero-order chi connectivity index (χ0) is 14.9. The van der Waals surface area contributed by atoms with Crippen molar-refractivity contribution >= 4 is 59.4 Å². The van der Waals surface area contributed by atoms with Crippen molar-refractivity contribution in [1.82, 2.24) is 0 Å². The predicted octanol–water partition coefficient (Wildman–Crippen LogP) is 5.84. The summed E-state index contributed by atoms with van der Waals surface area (Å²) in [4.78, 5) is 12.4. The second kappa shape index (κ2) is 6.41. The summed E-state index contributed by atoms with van der Waals surface area (Å²) >= 11 is 10.2. The van der Waals surface area contributed by atoms with Gasteiger partial charge in [-0.1, -0.05) is 31.9 Å². The van der Waals surface area contributed by atoms with E-state index in [9.17, 15) is 4.79 Å². The number of halogens is 3. The van der Waals surface area contributed by atoms with Gasteiger partial charge in [-0.2, -0.15) is 0 Å². The van der Waals surface area contributed by atoms with E-state index < -0.39 is 0 Å². The van der Waals surface area contributed by atoms with Crippen LogP contribution in [0, 0.1) is 13.8 Å². The van der Waals surface area contributed by atoms with Gasteiger partial charge in [0, 0.05) is 19.1 Å². The van der Waals surface area contributed by atoms with E-state index in [0.29, 0.717) is 5.56 Å². The summed E-state index contributed by atoms with van der Waals surface area (Å²) in [5.74, 6) is -0.133. The minimum Gasteiger partial charge on any atom is -0.321 e. The van der Waals surface area contributed by atoms with Gasteiger partial charge in [-0.25, -0.2) is 0 Å². The molecule has 0 unspecified atom stereocenters. The highest BCUT2D eigenvalue weighted by atomic mass is 79.9. The topological polar surface area (TPSA) is 29.1 Å². The Bertz CT molecular complexity index is 660. The number of nitrogens with one attached hydrogen (secondary N) is 1. The minimum absolute atomic E-state index is 0.133. The molecule has 0 radical (unpaired) electrons. The minimum atomic E-state index is -0.133. The summed E-state index contributed by atoms with van der Waals surface area (Å²) < 4.78 is 2.65. The Balaban J connectivity index is 2.35. The molecule has 0 heterocycles. The highest BCUT2D eigenvalue weighted by Gasteiger charge is 2.13. The van der Waals surface area contributed by atoms with E-state index in [4.69, 9.17) is 0 Å². The molecule has 0 atom stereocenters. The Kier molecular flexibility index (Phi) is 5.04. The van der Waals surface area contributed by atoms with E-state index in [0.717, 1.165) is 30.2 Å². The molecule has 0 aliphatic heterocycles. The first-order valence-electron chi connectivity index (χ1n) is 5.91. The molecule has 0 aromatic heterocycles. The standard InChI is InChI=1S/C15H12Br3NO/c1-8-5-11(17)6-9(2)14(8)19-15(20)12-7-10(16)3-4-13(12)18/h3-7H,1-2H3,(H,19,20). The maximum absolute atomic E-state index is 12.4. The van der Waals surface area contributed by atoms with Crippen LogP contribution in [-0.4, -0.2) is 5.91 Å². The lowest BCUT2D eigenvalue weighted by atomic mass is 10.1. The molecule has 0 fully saturated rings. The Morgan fingerprint density at radius 1 is 0.950 bits per heavy atom. The smallest absolute Gasteiger partial charge is 0.256 e. The van der Waals surface area contributed by atoms with Crippen molar-refractivity contribution in [2.75, 3.05) is 5.32 Å². The Labute approximate surface area is 143 Å². The molecule has 5 heteroatoms. The van der Waals surface area contributed by atoms with Gasteiger partial charge in [0.05, 0.1) is 5.56 Å². The van der Waals surface area contributed by atoms with Crippen LogP contribution in [0.25, 0.3) is 0 Å². The molecule has 0 aliphatic rings. The van der Waals surface area contributed by atoms with Crippen molar-refractivity contribution in [2.45, 2.75) is 13.8 Å². The second-order valence-electron chi connectivity index (χ2n) is 4.49. The van der Waals surface area contributed by atoms with E-state index in [1.165, 1.54) is 0 Å². The first kappa shape index (κ1) is 15.7. The van der Waals surface area contributed by atoms with E-state index >= 15 is 0 Å². The lowest BCUT2D eigenvalue weighted by Gasteiger charge is -2.13. The molecule has 2 aromatic rings. The molecular weight excluding hydrogens is 450 g/mol. The molecule has 104 valence electrons. The van der Waals surface area contributed by atoms with Crippen LogP contribution in [0.15, 0.2) is 43.7 Å². The lowest BCUT2D eigenvalue weighted by molar-refractivity contribution is 0.102. The largest absolute Gasteiger partial charge is 0.321 e. The van der Waals surface area contributed by atoms with Crippen molar-refractivity contribution in [3.8, 4) is 0 Å². The first-order chi connectivity index (χ1) is 9.38. The van der Waals surface area contributed by atoms with Crippen LogP contribution in [0.5, 0.6) is 0 Å². The van der Waals surface area contributed by atoms with Crippen LogP contribution >= 0.6 is 47.8 Å². The number of benzene rings is 2. The third kappa shape index (κ3) is 3.51. The van der Waals surface area contributed by atoms with Gasteiger partial charge in [0.1, 0.15) is 0 Å². The average molecular weight is 462 g/mol. The number of hydrogen-bond acceptors (Lipinski definition) is 1. The lowest BCUT2D eigenvalue weighted by Crippen LogP contribution is -2.14. The van der Waals surface area contributed by atoms with E-state index in [-0.39, 0.29) is 5.91 Å². The molecule has 1 amide bonds. The molecule has 0 saturated heterocycles. The van der Waals surface area contributed by atoms with Crippen LogP contribution < -0.4 is 5.32 Å². The summed E-state index contributed by atoms with van der Waals surface area (Å²) in [6.07, 6.45) is 0. The summed E-state index contributed by atoms with van der Waals surface area (Å²) in [6, 6.07) is 9.50. The quantitative estimate of drug-likeness (QED) is 0.597. The fraction of sp³-hybridized carbons (Fsp3) is 0.133. The molecule has 0 bridgehead atoms. The van der Waals surface area contributed by atoms with Crippen molar-refractivity contribution in [3.63, 3.8) is 0 Å². The first-order valence-corrected chi connectivity index (χ1v) is 8.29. The summed E-state index contributed by atoms with van der Waals surface area (Å²) in [6.45, 7) is 3.95. The molecule has 2 nitrogen and oxygen atoms in total. The molecule has 1 N–H and O–H groups in total. The monoisotopic (exact) mass is 459 g/mol. The summed E-state index contributed by atoms with van der Waals surface area (Å²) in [5, 5.41) is 2.98. The Morgan fingerprint density at radius 2 is 1.55 bits per heavy atom. The molecule has 2 rings (SSSR count). The highest BCUT2D eigenvalue weighted by Crippen LogP contribution is 2.27. The maximum atomic E-state index is 12.4. The molecule has 0 saturated carbocycles. The Hall–Kier alpha value is -0.650. The van der Waals surface area contributed by atoms with Gasteiger partial charge in [-0.05, 0) is 71.2 Å². The van der Waals surface area contributed by atoms with Gasteiger partial charge in [0.15, 0.2) is 0 Å². The number of rotatable bonds is 2. The van der Waals surface area contributed by atoms with Crippen molar-refractivity contribution in [2.24, 2.45) is 0 Å². The van der Waals surface area contributed by atoms with Gasteiger partial charge in [0.25, 0.3) is 5.91 Å². The van der Waals surface area contributed by atoms with Gasteiger partial charge in [-0.3, -0.25) is 4.79 Å². The van der Waals surface area contributed by atoms with Gasteiger partial charge < -0.3 is 5.32 Å². The molecule has 0 aliphatic carbocycles. The van der Waals surface area contributed by atoms with Crippen molar-refractivity contribution in [1.29, 1.82) is 0 Å². The number of amides is 1. The number of carbonyl (C=O) groups excluding carboxylic acids is 1. The van der Waals surface area contributed by atoms with Crippen LogP contribution in [0.2, 0.25) is 0 Å². The van der Waals surface area contributed by atoms with E-state index in [1.807, 2.05) is 38.1 Å². The number of carbonyl (C=O) groups is 1. The fourth-order valence-electron chi connectivity index (χ4n) is 1.96. The zero-order valence-electron chi connectivity index (χ0n) is 10.9. The van der Waals surface area contributed by atoms with Gasteiger partial charge in [-0.15, -0.1) is 0 Å². The Morgan fingerprint density at radius 3 is 2.15 bits per heavy atom. The van der Waals surface area contributed by atoms with Crippen LogP contribution in [0.1, 0.15) is 21.5 Å². The van der Waals surface area contributed by atoms with Crippen LogP contribution in [-0.2, 0) is 0 Å². The molecule has 20 heavy (non-hydrogen) atoms. The SMILES string of the molecule is Cc1cc(Br)cc(C)c1NC(=O)c1cc(Br)ccc1Br.